The number of hydrogen-bond acceptors (Lipinski definition) is 3. The molecule has 17 heavy (non-hydrogen) atoms. The van der Waals surface area contributed by atoms with Crippen molar-refractivity contribution >= 4 is 0 Å². The lowest BCUT2D eigenvalue weighted by molar-refractivity contribution is 0.150. The van der Waals surface area contributed by atoms with E-state index in [0.29, 0.717) is 6.54 Å². The van der Waals surface area contributed by atoms with Gasteiger partial charge in [-0.2, -0.15) is 5.26 Å². The summed E-state index contributed by atoms with van der Waals surface area (Å²) in [5, 5.41) is 9.03. The van der Waals surface area contributed by atoms with Gasteiger partial charge in [0, 0.05) is 12.7 Å². The third-order valence-electron chi connectivity index (χ3n) is 3.40. The molecule has 1 aliphatic rings. The van der Waals surface area contributed by atoms with E-state index in [9.17, 15) is 4.39 Å². The summed E-state index contributed by atoms with van der Waals surface area (Å²) in [5.41, 5.74) is 0.710. The van der Waals surface area contributed by atoms with Crippen LogP contribution in [0.5, 0.6) is 0 Å². The van der Waals surface area contributed by atoms with Gasteiger partial charge in [-0.25, -0.2) is 4.39 Å². The molecule has 4 heteroatoms. The van der Waals surface area contributed by atoms with Crippen molar-refractivity contribution in [3.63, 3.8) is 0 Å². The number of piperidine rings is 1. The van der Waals surface area contributed by atoms with Crippen molar-refractivity contribution in [2.45, 2.75) is 26.3 Å². The summed E-state index contributed by atoms with van der Waals surface area (Å²) in [6, 6.07) is 3.89. The van der Waals surface area contributed by atoms with Gasteiger partial charge in [-0.05, 0) is 44.5 Å². The van der Waals surface area contributed by atoms with Crippen LogP contribution in [0.1, 0.15) is 25.3 Å². The van der Waals surface area contributed by atoms with Gasteiger partial charge in [-0.15, -0.1) is 0 Å². The molecule has 0 aromatic carbocycles. The third-order valence-corrected chi connectivity index (χ3v) is 3.40. The van der Waals surface area contributed by atoms with Crippen LogP contribution in [-0.2, 0) is 6.54 Å². The number of nitrogens with zero attached hydrogens (tertiary/aromatic N) is 3. The Labute approximate surface area is 101 Å². The van der Waals surface area contributed by atoms with Gasteiger partial charge in [0.25, 0.3) is 0 Å². The van der Waals surface area contributed by atoms with Crippen molar-refractivity contribution in [1.82, 2.24) is 9.88 Å². The highest BCUT2D eigenvalue weighted by Gasteiger charge is 2.29. The van der Waals surface area contributed by atoms with Gasteiger partial charge in [0.1, 0.15) is 5.82 Å². The van der Waals surface area contributed by atoms with Gasteiger partial charge in [0.05, 0.1) is 17.7 Å². The van der Waals surface area contributed by atoms with E-state index in [1.165, 1.54) is 12.3 Å². The lowest BCUT2D eigenvalue weighted by Crippen LogP contribution is -2.37. The Kier molecular flexibility index (Phi) is 3.39. The minimum atomic E-state index is -0.290. The Morgan fingerprint density at radius 2 is 2.18 bits per heavy atom. The molecule has 0 bridgehead atoms. The molecule has 0 unspecified atom stereocenters. The molecule has 90 valence electrons. The molecule has 0 atom stereocenters. The summed E-state index contributed by atoms with van der Waals surface area (Å²) in [7, 11) is 0. The predicted octanol–water partition coefficient (Wildman–Crippen LogP) is 2.35. The number of halogens is 1. The lowest BCUT2D eigenvalue weighted by atomic mass is 9.82. The first-order valence-electron chi connectivity index (χ1n) is 5.84. The van der Waals surface area contributed by atoms with E-state index in [1.54, 1.807) is 6.20 Å². The minimum absolute atomic E-state index is 0.184. The summed E-state index contributed by atoms with van der Waals surface area (Å²) >= 11 is 0. The number of nitriles is 1. The Bertz CT molecular complexity index is 431. The third kappa shape index (κ3) is 3.01. The van der Waals surface area contributed by atoms with Crippen LogP contribution in [0.2, 0.25) is 0 Å². The van der Waals surface area contributed by atoms with E-state index < -0.39 is 0 Å². The van der Waals surface area contributed by atoms with Crippen LogP contribution in [0.3, 0.4) is 0 Å². The maximum Gasteiger partial charge on any atom is 0.141 e. The summed E-state index contributed by atoms with van der Waals surface area (Å²) in [6.45, 7) is 4.50. The zero-order valence-corrected chi connectivity index (χ0v) is 9.99. The first-order chi connectivity index (χ1) is 8.11. The van der Waals surface area contributed by atoms with E-state index in [2.05, 4.69) is 16.0 Å². The lowest BCUT2D eigenvalue weighted by Gasteiger charge is -2.34. The second kappa shape index (κ2) is 4.80. The monoisotopic (exact) mass is 233 g/mol. The van der Waals surface area contributed by atoms with Crippen molar-refractivity contribution < 1.29 is 4.39 Å². The molecule has 0 saturated carbocycles. The van der Waals surface area contributed by atoms with Crippen molar-refractivity contribution in [3.8, 4) is 6.07 Å². The molecule has 2 heterocycles. The molecule has 0 amide bonds. The molecule has 1 aliphatic heterocycles. The highest BCUT2D eigenvalue weighted by molar-refractivity contribution is 5.10. The average Bonchev–Trinajstić information content (AvgIpc) is 2.33. The molecular weight excluding hydrogens is 217 g/mol. The summed E-state index contributed by atoms with van der Waals surface area (Å²) < 4.78 is 13.0. The molecule has 1 aromatic heterocycles. The van der Waals surface area contributed by atoms with E-state index in [-0.39, 0.29) is 11.2 Å². The van der Waals surface area contributed by atoms with Crippen molar-refractivity contribution in [2.24, 2.45) is 5.41 Å². The molecule has 0 radical (unpaired) electrons. The molecule has 0 N–H and O–H groups in total. The Hall–Kier alpha value is -1.47. The molecule has 0 spiro atoms. The standard InChI is InChI=1S/C13H16FN3/c1-13(10-15)2-4-17(5-3-13)9-11-6-12(14)8-16-7-11/h6-8H,2-5,9H2,1H3. The van der Waals surface area contributed by atoms with E-state index in [1.807, 2.05) is 6.92 Å². The Morgan fingerprint density at radius 1 is 1.47 bits per heavy atom. The van der Waals surface area contributed by atoms with E-state index in [4.69, 9.17) is 5.26 Å². The second-order valence-corrected chi connectivity index (χ2v) is 4.96. The highest BCUT2D eigenvalue weighted by Crippen LogP contribution is 2.30. The fraction of sp³-hybridized carbons (Fsp3) is 0.538. The zero-order chi connectivity index (χ0) is 12.3. The second-order valence-electron chi connectivity index (χ2n) is 4.96. The fourth-order valence-electron chi connectivity index (χ4n) is 2.12. The van der Waals surface area contributed by atoms with Crippen molar-refractivity contribution in [3.05, 3.63) is 29.8 Å². The van der Waals surface area contributed by atoms with Gasteiger partial charge >= 0.3 is 0 Å². The van der Waals surface area contributed by atoms with Crippen LogP contribution in [-0.4, -0.2) is 23.0 Å². The number of likely N-dealkylation sites (tertiary alicyclic amines) is 1. The zero-order valence-electron chi connectivity index (χ0n) is 9.99. The fourth-order valence-corrected chi connectivity index (χ4v) is 2.12. The number of aromatic nitrogens is 1. The molecule has 3 nitrogen and oxygen atoms in total. The molecule has 0 aliphatic carbocycles. The van der Waals surface area contributed by atoms with Crippen LogP contribution >= 0.6 is 0 Å². The Morgan fingerprint density at radius 3 is 2.76 bits per heavy atom. The van der Waals surface area contributed by atoms with Crippen molar-refractivity contribution in [1.29, 1.82) is 5.26 Å². The molecule has 1 aromatic rings. The van der Waals surface area contributed by atoms with Crippen molar-refractivity contribution in [2.75, 3.05) is 13.1 Å². The summed E-state index contributed by atoms with van der Waals surface area (Å²) in [6.07, 6.45) is 4.67. The van der Waals surface area contributed by atoms with Crippen LogP contribution < -0.4 is 0 Å². The largest absolute Gasteiger partial charge is 0.299 e. The molecule has 1 saturated heterocycles. The number of hydrogen-bond donors (Lipinski definition) is 0. The van der Waals surface area contributed by atoms with Gasteiger partial charge in [0.15, 0.2) is 0 Å². The first-order valence-corrected chi connectivity index (χ1v) is 5.84. The van der Waals surface area contributed by atoms with Gasteiger partial charge < -0.3 is 0 Å². The number of rotatable bonds is 2. The maximum absolute atomic E-state index is 13.0. The smallest absolute Gasteiger partial charge is 0.141 e. The minimum Gasteiger partial charge on any atom is -0.299 e. The summed E-state index contributed by atoms with van der Waals surface area (Å²) in [4.78, 5) is 6.09. The normalized spacial score (nSPS) is 19.8. The van der Waals surface area contributed by atoms with Crippen LogP contribution in [0.25, 0.3) is 0 Å². The average molecular weight is 233 g/mol. The van der Waals surface area contributed by atoms with Gasteiger partial charge in [-0.3, -0.25) is 9.88 Å². The first kappa shape index (κ1) is 12.0. The maximum atomic E-state index is 13.0. The van der Waals surface area contributed by atoms with Crippen LogP contribution in [0, 0.1) is 22.6 Å². The van der Waals surface area contributed by atoms with Crippen LogP contribution in [0.15, 0.2) is 18.5 Å². The van der Waals surface area contributed by atoms with Gasteiger partial charge in [-0.1, -0.05) is 0 Å². The van der Waals surface area contributed by atoms with E-state index >= 15 is 0 Å². The Balaban J connectivity index is 1.93. The quantitative estimate of drug-likeness (QED) is 0.787. The van der Waals surface area contributed by atoms with E-state index in [0.717, 1.165) is 31.5 Å². The molecule has 2 rings (SSSR count). The van der Waals surface area contributed by atoms with Gasteiger partial charge in [0.2, 0.25) is 0 Å². The summed E-state index contributed by atoms with van der Waals surface area (Å²) in [5.74, 6) is -0.290. The SMILES string of the molecule is CC1(C#N)CCN(Cc2cncc(F)c2)CC1. The predicted molar refractivity (Wildman–Crippen MR) is 62.4 cm³/mol. The number of pyridine rings is 1. The molecule has 1 fully saturated rings. The highest BCUT2D eigenvalue weighted by atomic mass is 19.1. The topological polar surface area (TPSA) is 39.9 Å². The van der Waals surface area contributed by atoms with Crippen LogP contribution in [0.4, 0.5) is 4.39 Å². The molecular formula is C13H16FN3.